The van der Waals surface area contributed by atoms with Crippen LogP contribution >= 0.6 is 12.4 Å². The normalized spacial score (nSPS) is 21.8. The lowest BCUT2D eigenvalue weighted by Gasteiger charge is -2.46. The molecule has 2 aliphatic rings. The molecule has 2 atom stereocenters. The Morgan fingerprint density at radius 2 is 2.16 bits per heavy atom. The molecule has 1 N–H and O–H groups in total. The zero-order valence-corrected chi connectivity index (χ0v) is 14.9. The number of likely N-dealkylation sites (tertiary alicyclic amines) is 1. The number of rotatable bonds is 2. The average Bonchev–Trinajstić information content (AvgIpc) is 2.58. The van der Waals surface area contributed by atoms with Gasteiger partial charge in [-0.15, -0.1) is 12.4 Å². The number of fused-ring (bicyclic) bond motifs is 1. The van der Waals surface area contributed by atoms with E-state index in [1.165, 1.54) is 0 Å². The molecule has 0 aliphatic carbocycles. The maximum Gasteiger partial charge on any atom is 0.257 e. The van der Waals surface area contributed by atoms with Crippen molar-refractivity contribution in [1.29, 1.82) is 0 Å². The predicted octanol–water partition coefficient (Wildman–Crippen LogP) is 3.05. The van der Waals surface area contributed by atoms with Crippen LogP contribution in [0.3, 0.4) is 0 Å². The minimum Gasteiger partial charge on any atom is -0.337 e. The molecule has 0 bridgehead atoms. The van der Waals surface area contributed by atoms with E-state index in [9.17, 15) is 9.18 Å². The molecule has 2 saturated heterocycles. The molecule has 0 saturated carbocycles. The summed E-state index contributed by atoms with van der Waals surface area (Å²) in [6.07, 6.45) is 2.64. The van der Waals surface area contributed by atoms with Crippen LogP contribution < -0.4 is 5.32 Å². The highest BCUT2D eigenvalue weighted by Crippen LogP contribution is 2.30. The maximum atomic E-state index is 14.9. The summed E-state index contributed by atoms with van der Waals surface area (Å²) in [4.78, 5) is 19.1. The molecule has 4 nitrogen and oxygen atoms in total. The van der Waals surface area contributed by atoms with Gasteiger partial charge in [0.1, 0.15) is 5.82 Å². The van der Waals surface area contributed by atoms with Crippen molar-refractivity contribution in [2.75, 3.05) is 19.6 Å². The number of hydrogen-bond acceptors (Lipinski definition) is 3. The SMILES string of the molecule is Cc1ccc(-c2ccccn2)c(C(=O)N2CC[C@H]3CNC3C2)c1F.Cl. The molecule has 1 aromatic carbocycles. The van der Waals surface area contributed by atoms with E-state index in [0.717, 1.165) is 13.0 Å². The van der Waals surface area contributed by atoms with Crippen molar-refractivity contribution in [1.82, 2.24) is 15.2 Å². The number of aromatic nitrogens is 1. The van der Waals surface area contributed by atoms with Crippen LogP contribution in [0, 0.1) is 18.7 Å². The Labute approximate surface area is 152 Å². The summed E-state index contributed by atoms with van der Waals surface area (Å²) in [7, 11) is 0. The largest absolute Gasteiger partial charge is 0.337 e. The topological polar surface area (TPSA) is 45.2 Å². The van der Waals surface area contributed by atoms with Crippen LogP contribution in [-0.4, -0.2) is 41.5 Å². The van der Waals surface area contributed by atoms with Crippen molar-refractivity contribution < 1.29 is 9.18 Å². The Balaban J connectivity index is 0.00000182. The van der Waals surface area contributed by atoms with E-state index >= 15 is 0 Å². The smallest absolute Gasteiger partial charge is 0.257 e. The highest BCUT2D eigenvalue weighted by Gasteiger charge is 2.38. The van der Waals surface area contributed by atoms with Crippen LogP contribution in [0.4, 0.5) is 4.39 Å². The molecular weight excluding hydrogens is 341 g/mol. The minimum atomic E-state index is -0.438. The number of piperidine rings is 1. The average molecular weight is 362 g/mol. The number of aryl methyl sites for hydroxylation is 1. The van der Waals surface area contributed by atoms with E-state index in [1.807, 2.05) is 12.1 Å². The van der Waals surface area contributed by atoms with E-state index < -0.39 is 5.82 Å². The zero-order chi connectivity index (χ0) is 16.7. The van der Waals surface area contributed by atoms with Crippen LogP contribution in [-0.2, 0) is 0 Å². The molecule has 132 valence electrons. The highest BCUT2D eigenvalue weighted by atomic mass is 35.5. The maximum absolute atomic E-state index is 14.9. The Kier molecular flexibility index (Phi) is 5.06. The number of pyridine rings is 1. The first-order chi connectivity index (χ1) is 11.6. The third-order valence-electron chi connectivity index (χ3n) is 5.18. The van der Waals surface area contributed by atoms with Gasteiger partial charge >= 0.3 is 0 Å². The third kappa shape index (κ3) is 3.14. The molecular formula is C19H21ClFN3O. The molecule has 1 unspecified atom stereocenters. The van der Waals surface area contributed by atoms with Gasteiger partial charge in [-0.25, -0.2) is 4.39 Å². The summed E-state index contributed by atoms with van der Waals surface area (Å²) in [5, 5.41) is 3.36. The summed E-state index contributed by atoms with van der Waals surface area (Å²) in [5.74, 6) is -0.0116. The van der Waals surface area contributed by atoms with Gasteiger partial charge in [-0.1, -0.05) is 18.2 Å². The predicted molar refractivity (Wildman–Crippen MR) is 97.4 cm³/mol. The van der Waals surface area contributed by atoms with Gasteiger partial charge in [-0.2, -0.15) is 0 Å². The van der Waals surface area contributed by atoms with Crippen molar-refractivity contribution in [3.63, 3.8) is 0 Å². The number of carbonyl (C=O) groups is 1. The number of amides is 1. The first kappa shape index (κ1) is 17.8. The van der Waals surface area contributed by atoms with Crippen LogP contribution in [0.15, 0.2) is 36.5 Å². The lowest BCUT2D eigenvalue weighted by atomic mass is 9.84. The third-order valence-corrected chi connectivity index (χ3v) is 5.18. The second-order valence-electron chi connectivity index (χ2n) is 6.65. The monoisotopic (exact) mass is 361 g/mol. The fourth-order valence-corrected chi connectivity index (χ4v) is 3.59. The summed E-state index contributed by atoms with van der Waals surface area (Å²) in [6, 6.07) is 9.31. The Morgan fingerprint density at radius 3 is 2.80 bits per heavy atom. The summed E-state index contributed by atoms with van der Waals surface area (Å²) >= 11 is 0. The van der Waals surface area contributed by atoms with Crippen molar-refractivity contribution in [2.24, 2.45) is 5.92 Å². The van der Waals surface area contributed by atoms with Crippen molar-refractivity contribution in [3.8, 4) is 11.3 Å². The van der Waals surface area contributed by atoms with Crippen molar-refractivity contribution in [3.05, 3.63) is 53.5 Å². The molecule has 1 aromatic heterocycles. The molecule has 6 heteroatoms. The quantitative estimate of drug-likeness (QED) is 0.894. The number of carbonyl (C=O) groups excluding carboxylic acids is 1. The molecule has 0 spiro atoms. The van der Waals surface area contributed by atoms with Crippen LogP contribution in [0.25, 0.3) is 11.3 Å². The molecule has 1 amide bonds. The van der Waals surface area contributed by atoms with Crippen LogP contribution in [0.1, 0.15) is 22.3 Å². The first-order valence-corrected chi connectivity index (χ1v) is 8.38. The molecule has 3 heterocycles. The lowest BCUT2D eigenvalue weighted by molar-refractivity contribution is 0.0515. The summed E-state index contributed by atoms with van der Waals surface area (Å²) in [6.45, 7) is 4.06. The Hall–Kier alpha value is -1.98. The van der Waals surface area contributed by atoms with E-state index in [0.29, 0.717) is 41.9 Å². The van der Waals surface area contributed by atoms with Crippen LogP contribution in [0.5, 0.6) is 0 Å². The van der Waals surface area contributed by atoms with Gasteiger partial charge in [0.2, 0.25) is 0 Å². The second kappa shape index (κ2) is 7.10. The zero-order valence-electron chi connectivity index (χ0n) is 14.0. The second-order valence-corrected chi connectivity index (χ2v) is 6.65. The van der Waals surface area contributed by atoms with E-state index in [4.69, 9.17) is 0 Å². The Bertz CT molecular complexity index is 784. The number of nitrogens with zero attached hydrogens (tertiary/aromatic N) is 2. The minimum absolute atomic E-state index is 0. The molecule has 4 rings (SSSR count). The summed E-state index contributed by atoms with van der Waals surface area (Å²) in [5.41, 5.74) is 1.81. The van der Waals surface area contributed by atoms with Gasteiger partial charge in [0.05, 0.1) is 11.3 Å². The molecule has 2 aromatic rings. The van der Waals surface area contributed by atoms with Crippen LogP contribution in [0.2, 0.25) is 0 Å². The van der Waals surface area contributed by atoms with Crippen molar-refractivity contribution in [2.45, 2.75) is 19.4 Å². The Morgan fingerprint density at radius 1 is 1.32 bits per heavy atom. The van der Waals surface area contributed by atoms with Gasteiger partial charge in [0, 0.05) is 30.9 Å². The van der Waals surface area contributed by atoms with Gasteiger partial charge in [-0.05, 0) is 43.5 Å². The van der Waals surface area contributed by atoms with E-state index in [-0.39, 0.29) is 23.9 Å². The molecule has 2 aliphatic heterocycles. The standard InChI is InChI=1S/C19H20FN3O.ClH/c1-12-5-6-14(15-4-2-3-8-21-15)17(18(12)20)19(24)23-9-7-13-10-22-16(13)11-23;/h2-6,8,13,16,22H,7,9-11H2,1H3;1H/t13-,16?;/m0./s1. The number of hydrogen-bond donors (Lipinski definition) is 1. The lowest BCUT2D eigenvalue weighted by Crippen LogP contribution is -2.62. The highest BCUT2D eigenvalue weighted by molar-refractivity contribution is 6.01. The van der Waals surface area contributed by atoms with E-state index in [2.05, 4.69) is 10.3 Å². The fourth-order valence-electron chi connectivity index (χ4n) is 3.59. The van der Waals surface area contributed by atoms with Gasteiger partial charge in [0.15, 0.2) is 0 Å². The van der Waals surface area contributed by atoms with Gasteiger partial charge in [0.25, 0.3) is 5.91 Å². The first-order valence-electron chi connectivity index (χ1n) is 8.38. The van der Waals surface area contributed by atoms with Gasteiger partial charge < -0.3 is 10.2 Å². The number of nitrogens with one attached hydrogen (secondary N) is 1. The number of benzene rings is 1. The van der Waals surface area contributed by atoms with E-state index in [1.54, 1.807) is 36.2 Å². The summed E-state index contributed by atoms with van der Waals surface area (Å²) < 4.78 is 14.9. The van der Waals surface area contributed by atoms with Crippen molar-refractivity contribution >= 4 is 18.3 Å². The number of halogens is 2. The molecule has 25 heavy (non-hydrogen) atoms. The van der Waals surface area contributed by atoms with Gasteiger partial charge in [-0.3, -0.25) is 9.78 Å². The molecule has 0 radical (unpaired) electrons. The molecule has 2 fully saturated rings. The fraction of sp³-hybridized carbons (Fsp3) is 0.368.